The first-order valence-electron chi connectivity index (χ1n) is 8.50. The maximum Gasteiger partial charge on any atom is 0.213 e. The van der Waals surface area contributed by atoms with Gasteiger partial charge in [-0.2, -0.15) is 0 Å². The first kappa shape index (κ1) is 22.4. The second-order valence-electron chi connectivity index (χ2n) is 6.76. The van der Waals surface area contributed by atoms with Gasteiger partial charge in [0.2, 0.25) is 5.89 Å². The molecular weight excluding hydrogens is 443 g/mol. The molecule has 0 aliphatic carbocycles. The van der Waals surface area contributed by atoms with Gasteiger partial charge in [0.15, 0.2) is 5.96 Å². The second-order valence-corrected chi connectivity index (χ2v) is 6.76. The summed E-state index contributed by atoms with van der Waals surface area (Å²) in [6.45, 7) is 8.66. The van der Waals surface area contributed by atoms with E-state index in [1.54, 1.807) is 13.2 Å². The first-order chi connectivity index (χ1) is 12.0. The van der Waals surface area contributed by atoms with Crippen LogP contribution in [0.2, 0.25) is 0 Å². The molecule has 0 aliphatic rings. The molecule has 6 nitrogen and oxygen atoms in total. The number of hydrogen-bond acceptors (Lipinski definition) is 4. The highest BCUT2D eigenvalue weighted by atomic mass is 127. The molecule has 144 valence electrons. The lowest BCUT2D eigenvalue weighted by molar-refractivity contribution is 0.125. The van der Waals surface area contributed by atoms with E-state index < -0.39 is 0 Å². The standard InChI is InChI=1S/C19H28N4O2.HI/c1-19(2,3)16-12-22-17(25-16)13-23-18(20-4)21-10-11-24-14-15-8-6-5-7-9-15;/h5-9,12H,10-11,13-14H2,1-4H3,(H2,20,21,23);1H. The molecule has 0 atom stereocenters. The zero-order valence-electron chi connectivity index (χ0n) is 15.9. The Bertz CT molecular complexity index is 666. The molecule has 1 aromatic carbocycles. The van der Waals surface area contributed by atoms with Crippen LogP contribution in [0.1, 0.15) is 38.0 Å². The summed E-state index contributed by atoms with van der Waals surface area (Å²) < 4.78 is 11.4. The van der Waals surface area contributed by atoms with Crippen LogP contribution >= 0.6 is 24.0 Å². The molecule has 1 aromatic heterocycles. The number of aromatic nitrogens is 1. The Morgan fingerprint density at radius 1 is 1.19 bits per heavy atom. The lowest BCUT2D eigenvalue weighted by atomic mass is 9.94. The first-order valence-corrected chi connectivity index (χ1v) is 8.50. The third kappa shape index (κ3) is 7.74. The van der Waals surface area contributed by atoms with Crippen molar-refractivity contribution in [2.45, 2.75) is 39.3 Å². The van der Waals surface area contributed by atoms with Crippen LogP contribution < -0.4 is 10.6 Å². The van der Waals surface area contributed by atoms with E-state index in [0.29, 0.717) is 38.2 Å². The van der Waals surface area contributed by atoms with E-state index in [4.69, 9.17) is 9.15 Å². The molecule has 0 radical (unpaired) electrons. The fourth-order valence-corrected chi connectivity index (χ4v) is 2.12. The van der Waals surface area contributed by atoms with Gasteiger partial charge in [-0.3, -0.25) is 4.99 Å². The third-order valence-electron chi connectivity index (χ3n) is 3.57. The monoisotopic (exact) mass is 472 g/mol. The van der Waals surface area contributed by atoms with E-state index in [0.717, 1.165) is 5.76 Å². The zero-order chi connectivity index (χ0) is 18.1. The molecular formula is C19H29IN4O2. The maximum absolute atomic E-state index is 5.75. The number of hydrogen-bond donors (Lipinski definition) is 2. The van der Waals surface area contributed by atoms with Crippen LogP contribution in [0.5, 0.6) is 0 Å². The number of aliphatic imine (C=N–C) groups is 1. The van der Waals surface area contributed by atoms with Gasteiger partial charge < -0.3 is 19.8 Å². The molecule has 0 unspecified atom stereocenters. The average Bonchev–Trinajstić information content (AvgIpc) is 3.07. The van der Waals surface area contributed by atoms with Crippen molar-refractivity contribution in [1.29, 1.82) is 0 Å². The van der Waals surface area contributed by atoms with Gasteiger partial charge in [0.25, 0.3) is 0 Å². The number of benzene rings is 1. The lowest BCUT2D eigenvalue weighted by Crippen LogP contribution is -2.38. The molecule has 2 rings (SSSR count). The summed E-state index contributed by atoms with van der Waals surface area (Å²) in [4.78, 5) is 8.48. The maximum atomic E-state index is 5.75. The molecule has 0 aliphatic heterocycles. The second kappa shape index (κ2) is 11.2. The number of halogens is 1. The van der Waals surface area contributed by atoms with Crippen molar-refractivity contribution in [2.24, 2.45) is 4.99 Å². The smallest absolute Gasteiger partial charge is 0.213 e. The summed E-state index contributed by atoms with van der Waals surface area (Å²) in [6, 6.07) is 10.1. The Morgan fingerprint density at radius 3 is 2.54 bits per heavy atom. The van der Waals surface area contributed by atoms with E-state index in [-0.39, 0.29) is 29.4 Å². The van der Waals surface area contributed by atoms with E-state index in [1.807, 2.05) is 18.2 Å². The van der Waals surface area contributed by atoms with Gasteiger partial charge in [-0.05, 0) is 5.56 Å². The van der Waals surface area contributed by atoms with Crippen LogP contribution in [0.25, 0.3) is 0 Å². The Hall–Kier alpha value is -1.61. The van der Waals surface area contributed by atoms with Crippen molar-refractivity contribution in [3.63, 3.8) is 0 Å². The van der Waals surface area contributed by atoms with E-state index in [2.05, 4.69) is 53.5 Å². The average molecular weight is 472 g/mol. The number of oxazole rings is 1. The van der Waals surface area contributed by atoms with Crippen molar-refractivity contribution in [3.05, 3.63) is 53.7 Å². The summed E-state index contributed by atoms with van der Waals surface area (Å²) in [6.07, 6.45) is 1.78. The van der Waals surface area contributed by atoms with Crippen molar-refractivity contribution in [2.75, 3.05) is 20.2 Å². The predicted molar refractivity (Wildman–Crippen MR) is 115 cm³/mol. The highest BCUT2D eigenvalue weighted by Crippen LogP contribution is 2.22. The number of nitrogens with zero attached hydrogens (tertiary/aromatic N) is 2. The van der Waals surface area contributed by atoms with Crippen molar-refractivity contribution < 1.29 is 9.15 Å². The summed E-state index contributed by atoms with van der Waals surface area (Å²) >= 11 is 0. The minimum absolute atomic E-state index is 0. The highest BCUT2D eigenvalue weighted by molar-refractivity contribution is 14.0. The molecule has 0 spiro atoms. The van der Waals surface area contributed by atoms with Crippen LogP contribution in [-0.2, 0) is 23.3 Å². The molecule has 1 heterocycles. The largest absolute Gasteiger partial charge is 0.443 e. The van der Waals surface area contributed by atoms with Crippen LogP contribution in [0, 0.1) is 0 Å². The fraction of sp³-hybridized carbons (Fsp3) is 0.474. The Kier molecular flexibility index (Phi) is 9.64. The van der Waals surface area contributed by atoms with Crippen LogP contribution in [0.4, 0.5) is 0 Å². The summed E-state index contributed by atoms with van der Waals surface area (Å²) in [5.41, 5.74) is 1.13. The summed E-state index contributed by atoms with van der Waals surface area (Å²) in [7, 11) is 1.73. The van der Waals surface area contributed by atoms with Crippen molar-refractivity contribution >= 4 is 29.9 Å². The van der Waals surface area contributed by atoms with Crippen molar-refractivity contribution in [1.82, 2.24) is 15.6 Å². The van der Waals surface area contributed by atoms with E-state index >= 15 is 0 Å². The summed E-state index contributed by atoms with van der Waals surface area (Å²) in [5, 5.41) is 6.39. The normalized spacial score (nSPS) is 11.8. The number of nitrogens with one attached hydrogen (secondary N) is 2. The summed E-state index contributed by atoms with van der Waals surface area (Å²) in [5.74, 6) is 2.22. The van der Waals surface area contributed by atoms with Crippen LogP contribution in [0.3, 0.4) is 0 Å². The van der Waals surface area contributed by atoms with Gasteiger partial charge in [0, 0.05) is 19.0 Å². The Morgan fingerprint density at radius 2 is 1.92 bits per heavy atom. The third-order valence-corrected chi connectivity index (χ3v) is 3.57. The molecule has 2 N–H and O–H groups in total. The Labute approximate surface area is 172 Å². The molecule has 26 heavy (non-hydrogen) atoms. The van der Waals surface area contributed by atoms with Gasteiger partial charge in [-0.25, -0.2) is 4.98 Å². The van der Waals surface area contributed by atoms with Crippen LogP contribution in [0.15, 0.2) is 45.9 Å². The number of guanidine groups is 1. The highest BCUT2D eigenvalue weighted by Gasteiger charge is 2.19. The fourth-order valence-electron chi connectivity index (χ4n) is 2.12. The number of ether oxygens (including phenoxy) is 1. The molecule has 0 amide bonds. The van der Waals surface area contributed by atoms with Gasteiger partial charge in [0.05, 0.1) is 26.0 Å². The minimum Gasteiger partial charge on any atom is -0.443 e. The molecule has 0 bridgehead atoms. The molecule has 2 aromatic rings. The van der Waals surface area contributed by atoms with Gasteiger partial charge in [-0.1, -0.05) is 51.1 Å². The minimum atomic E-state index is -0.0404. The molecule has 0 saturated heterocycles. The predicted octanol–water partition coefficient (Wildman–Crippen LogP) is 3.47. The lowest BCUT2D eigenvalue weighted by Gasteiger charge is -2.13. The van der Waals surface area contributed by atoms with Crippen molar-refractivity contribution in [3.8, 4) is 0 Å². The van der Waals surface area contributed by atoms with Gasteiger partial charge in [0.1, 0.15) is 5.76 Å². The number of rotatable bonds is 7. The quantitative estimate of drug-likeness (QED) is 0.280. The van der Waals surface area contributed by atoms with Gasteiger partial charge in [-0.15, -0.1) is 24.0 Å². The van der Waals surface area contributed by atoms with Gasteiger partial charge >= 0.3 is 0 Å². The SMILES string of the molecule is CN=C(NCCOCc1ccccc1)NCc1ncc(C(C)(C)C)o1.I. The van der Waals surface area contributed by atoms with E-state index in [1.165, 1.54) is 5.56 Å². The molecule has 7 heteroatoms. The van der Waals surface area contributed by atoms with E-state index in [9.17, 15) is 0 Å². The zero-order valence-corrected chi connectivity index (χ0v) is 18.2. The van der Waals surface area contributed by atoms with Crippen LogP contribution in [-0.4, -0.2) is 31.1 Å². The molecule has 0 saturated carbocycles. The Balaban J connectivity index is 0.00000338. The topological polar surface area (TPSA) is 71.7 Å². The molecule has 0 fully saturated rings.